The molecule has 0 aliphatic carbocycles. The van der Waals surface area contributed by atoms with Gasteiger partial charge in [0.05, 0.1) is 11.9 Å². The van der Waals surface area contributed by atoms with Crippen molar-refractivity contribution in [3.63, 3.8) is 0 Å². The Morgan fingerprint density at radius 3 is 2.75 bits per heavy atom. The maximum atomic E-state index is 12.0. The molecule has 4 heteroatoms. The first kappa shape index (κ1) is 4.96. The van der Waals surface area contributed by atoms with Gasteiger partial charge in [-0.1, -0.05) is 0 Å². The lowest BCUT2D eigenvalue weighted by molar-refractivity contribution is 0.568. The number of anilines is 1. The Kier molecular flexibility index (Phi) is 1.07. The highest BCUT2D eigenvalue weighted by Gasteiger charge is 1.93. The van der Waals surface area contributed by atoms with Crippen LogP contribution < -0.4 is 5.73 Å². The van der Waals surface area contributed by atoms with Gasteiger partial charge in [-0.05, 0) is 6.07 Å². The molecule has 1 heterocycles. The molecular weight excluding hydrogens is 109 g/mol. The summed E-state index contributed by atoms with van der Waals surface area (Å²) in [6.45, 7) is 0. The minimum absolute atomic E-state index is 0.0278. The fraction of sp³-hybridized carbons (Fsp3) is 0. The van der Waals surface area contributed by atoms with Crippen molar-refractivity contribution in [3.05, 3.63) is 18.2 Å². The Morgan fingerprint density at radius 1 is 1.62 bits per heavy atom. The average Bonchev–Trinajstić information content (AvgIpc) is 1.77. The van der Waals surface area contributed by atoms with E-state index in [1.54, 1.807) is 0 Å². The molecule has 0 amide bonds. The lowest BCUT2D eigenvalue weighted by Crippen LogP contribution is -1.93. The van der Waals surface area contributed by atoms with E-state index in [2.05, 4.69) is 10.2 Å². The summed E-state index contributed by atoms with van der Waals surface area (Å²) in [6, 6.07) is 1.35. The van der Waals surface area contributed by atoms with Crippen molar-refractivity contribution in [2.45, 2.75) is 0 Å². The summed E-state index contributed by atoms with van der Waals surface area (Å²) >= 11 is 0. The van der Waals surface area contributed by atoms with Crippen LogP contribution in [-0.4, -0.2) is 10.2 Å². The van der Waals surface area contributed by atoms with Gasteiger partial charge < -0.3 is 5.73 Å². The summed E-state index contributed by atoms with van der Waals surface area (Å²) in [6.07, 6.45) is 1.33. The molecule has 0 radical (unpaired) electrons. The number of hydrogen-bond acceptors (Lipinski definition) is 3. The van der Waals surface area contributed by atoms with Gasteiger partial charge in [0.25, 0.3) is 5.95 Å². The van der Waals surface area contributed by atoms with Crippen LogP contribution in [0.15, 0.2) is 12.3 Å². The van der Waals surface area contributed by atoms with Gasteiger partial charge in [-0.25, -0.2) is 0 Å². The molecule has 0 spiro atoms. The van der Waals surface area contributed by atoms with Crippen LogP contribution >= 0.6 is 0 Å². The third-order valence-corrected chi connectivity index (χ3v) is 0.705. The highest BCUT2D eigenvalue weighted by molar-refractivity contribution is 5.32. The molecule has 0 bridgehead atoms. The first-order valence-electron chi connectivity index (χ1n) is 2.03. The zero-order valence-electron chi connectivity index (χ0n) is 4.00. The van der Waals surface area contributed by atoms with E-state index in [1.807, 2.05) is 0 Å². The SMILES string of the molecule is Nc1ccnnc1F. The molecule has 1 aromatic heterocycles. The van der Waals surface area contributed by atoms with Crippen LogP contribution in [0, 0.1) is 5.95 Å². The quantitative estimate of drug-likeness (QED) is 0.522. The molecule has 0 aliphatic heterocycles. The largest absolute Gasteiger partial charge is 0.395 e. The van der Waals surface area contributed by atoms with Gasteiger partial charge in [-0.3, -0.25) is 0 Å². The molecule has 0 unspecified atom stereocenters. The summed E-state index contributed by atoms with van der Waals surface area (Å²) in [5, 5.41) is 6.28. The van der Waals surface area contributed by atoms with Crippen LogP contribution in [-0.2, 0) is 0 Å². The molecule has 1 rings (SSSR count). The lowest BCUT2D eigenvalue weighted by Gasteiger charge is -1.87. The van der Waals surface area contributed by atoms with E-state index in [-0.39, 0.29) is 5.69 Å². The molecular formula is C4H4FN3. The van der Waals surface area contributed by atoms with Gasteiger partial charge in [0.1, 0.15) is 0 Å². The van der Waals surface area contributed by atoms with Crippen LogP contribution in [0.5, 0.6) is 0 Å². The second kappa shape index (κ2) is 1.73. The molecule has 0 aromatic carbocycles. The zero-order chi connectivity index (χ0) is 5.98. The van der Waals surface area contributed by atoms with Gasteiger partial charge in [0.15, 0.2) is 0 Å². The zero-order valence-corrected chi connectivity index (χ0v) is 4.00. The minimum atomic E-state index is -0.715. The Bertz CT molecular complexity index is 167. The van der Waals surface area contributed by atoms with Crippen LogP contribution in [0.4, 0.5) is 10.1 Å². The summed E-state index contributed by atoms with van der Waals surface area (Å²) < 4.78 is 12.0. The van der Waals surface area contributed by atoms with Gasteiger partial charge in [0.2, 0.25) is 0 Å². The van der Waals surface area contributed by atoms with E-state index in [1.165, 1.54) is 12.3 Å². The highest BCUT2D eigenvalue weighted by atomic mass is 19.1. The third kappa shape index (κ3) is 0.726. The Balaban J connectivity index is 3.13. The molecule has 3 nitrogen and oxygen atoms in total. The predicted molar refractivity (Wildman–Crippen MR) is 26.4 cm³/mol. The Hall–Kier alpha value is -1.19. The molecule has 0 saturated carbocycles. The van der Waals surface area contributed by atoms with E-state index in [0.29, 0.717) is 0 Å². The van der Waals surface area contributed by atoms with Crippen LogP contribution in [0.25, 0.3) is 0 Å². The van der Waals surface area contributed by atoms with E-state index in [4.69, 9.17) is 5.73 Å². The smallest absolute Gasteiger partial charge is 0.256 e. The van der Waals surface area contributed by atoms with Crippen LogP contribution in [0.2, 0.25) is 0 Å². The molecule has 42 valence electrons. The van der Waals surface area contributed by atoms with Crippen molar-refractivity contribution in [3.8, 4) is 0 Å². The Morgan fingerprint density at radius 2 is 2.38 bits per heavy atom. The van der Waals surface area contributed by atoms with Gasteiger partial charge in [0, 0.05) is 0 Å². The molecule has 1 aromatic rings. The van der Waals surface area contributed by atoms with Gasteiger partial charge in [-0.15, -0.1) is 5.10 Å². The maximum Gasteiger partial charge on any atom is 0.256 e. The molecule has 0 atom stereocenters. The second-order valence-electron chi connectivity index (χ2n) is 1.28. The van der Waals surface area contributed by atoms with Crippen LogP contribution in [0.3, 0.4) is 0 Å². The normalized spacial score (nSPS) is 9.12. The maximum absolute atomic E-state index is 12.0. The summed E-state index contributed by atoms with van der Waals surface area (Å²) in [5.74, 6) is -0.715. The van der Waals surface area contributed by atoms with Crippen molar-refractivity contribution in [2.75, 3.05) is 5.73 Å². The number of aromatic nitrogens is 2. The number of hydrogen-bond donors (Lipinski definition) is 1. The van der Waals surface area contributed by atoms with E-state index < -0.39 is 5.95 Å². The fourth-order valence-corrected chi connectivity index (χ4v) is 0.324. The molecule has 2 N–H and O–H groups in total. The van der Waals surface area contributed by atoms with E-state index in [0.717, 1.165) is 0 Å². The van der Waals surface area contributed by atoms with Crippen molar-refractivity contribution < 1.29 is 4.39 Å². The lowest BCUT2D eigenvalue weighted by atomic mass is 10.5. The molecule has 0 aliphatic rings. The van der Waals surface area contributed by atoms with Gasteiger partial charge >= 0.3 is 0 Å². The topological polar surface area (TPSA) is 51.8 Å². The minimum Gasteiger partial charge on any atom is -0.395 e. The highest BCUT2D eigenvalue weighted by Crippen LogP contribution is 1.99. The van der Waals surface area contributed by atoms with Crippen molar-refractivity contribution >= 4 is 5.69 Å². The number of nitrogens with two attached hydrogens (primary N) is 1. The predicted octanol–water partition coefficient (Wildman–Crippen LogP) is 0.198. The van der Waals surface area contributed by atoms with Gasteiger partial charge in [-0.2, -0.15) is 9.49 Å². The summed E-state index contributed by atoms with van der Waals surface area (Å²) in [7, 11) is 0. The second-order valence-corrected chi connectivity index (χ2v) is 1.28. The molecule has 0 fully saturated rings. The van der Waals surface area contributed by atoms with Crippen molar-refractivity contribution in [1.82, 2.24) is 10.2 Å². The monoisotopic (exact) mass is 113 g/mol. The fourth-order valence-electron chi connectivity index (χ4n) is 0.324. The average molecular weight is 113 g/mol. The first-order chi connectivity index (χ1) is 3.80. The molecule has 8 heavy (non-hydrogen) atoms. The van der Waals surface area contributed by atoms with E-state index >= 15 is 0 Å². The standard InChI is InChI=1S/C4H4FN3/c5-4-3(6)1-2-7-8-4/h1-2H,(H2,6,7). The summed E-state index contributed by atoms with van der Waals surface area (Å²) in [4.78, 5) is 0. The van der Waals surface area contributed by atoms with Crippen molar-refractivity contribution in [2.24, 2.45) is 0 Å². The third-order valence-electron chi connectivity index (χ3n) is 0.705. The number of rotatable bonds is 0. The summed E-state index contributed by atoms with van der Waals surface area (Å²) in [5.41, 5.74) is 5.07. The first-order valence-corrected chi connectivity index (χ1v) is 2.03. The Labute approximate surface area is 45.3 Å². The van der Waals surface area contributed by atoms with E-state index in [9.17, 15) is 4.39 Å². The van der Waals surface area contributed by atoms with Crippen molar-refractivity contribution in [1.29, 1.82) is 0 Å². The number of nitrogens with zero attached hydrogens (tertiary/aromatic N) is 2. The molecule has 0 saturated heterocycles. The number of halogens is 1. The number of nitrogen functional groups attached to an aromatic ring is 1. The van der Waals surface area contributed by atoms with Crippen LogP contribution in [0.1, 0.15) is 0 Å².